The van der Waals surface area contributed by atoms with Crippen LogP contribution < -0.4 is 5.32 Å². The van der Waals surface area contributed by atoms with Crippen LogP contribution in [-0.2, 0) is 11.3 Å². The molecule has 1 heterocycles. The zero-order valence-corrected chi connectivity index (χ0v) is 10.4. The number of hydrogen-bond acceptors (Lipinski definition) is 2. The van der Waals surface area contributed by atoms with E-state index < -0.39 is 17.5 Å². The molecule has 1 aromatic heterocycles. The first kappa shape index (κ1) is 13.2. The van der Waals surface area contributed by atoms with E-state index in [1.165, 1.54) is 0 Å². The number of halogens is 2. The minimum atomic E-state index is -0.662. The standard InChI is InChI=1S/C13H13F2N3O/c1-9-4-6-18(17-9)7-5-13(19)16-12-8-10(14)2-3-11(12)15/h2-4,6,8H,5,7H2,1H3,(H,16,19). The molecule has 0 aliphatic carbocycles. The summed E-state index contributed by atoms with van der Waals surface area (Å²) in [5.41, 5.74) is 0.707. The summed E-state index contributed by atoms with van der Waals surface area (Å²) < 4.78 is 27.8. The molecule has 0 bridgehead atoms. The first-order valence-corrected chi connectivity index (χ1v) is 5.79. The third kappa shape index (κ3) is 3.61. The van der Waals surface area contributed by atoms with Crippen molar-refractivity contribution in [3.05, 3.63) is 47.8 Å². The summed E-state index contributed by atoms with van der Waals surface area (Å²) in [7, 11) is 0. The summed E-state index contributed by atoms with van der Waals surface area (Å²) >= 11 is 0. The molecule has 1 amide bonds. The quantitative estimate of drug-likeness (QED) is 0.923. The van der Waals surface area contributed by atoms with Gasteiger partial charge in [-0.1, -0.05) is 0 Å². The summed E-state index contributed by atoms with van der Waals surface area (Å²) in [6.45, 7) is 2.23. The third-order valence-electron chi connectivity index (χ3n) is 2.54. The average Bonchev–Trinajstić information content (AvgIpc) is 2.77. The fourth-order valence-electron chi connectivity index (χ4n) is 1.61. The van der Waals surface area contributed by atoms with Crippen LogP contribution in [0.3, 0.4) is 0 Å². The third-order valence-corrected chi connectivity index (χ3v) is 2.54. The Kier molecular flexibility index (Phi) is 3.89. The number of rotatable bonds is 4. The van der Waals surface area contributed by atoms with E-state index in [9.17, 15) is 13.6 Å². The molecule has 0 spiro atoms. The number of aromatic nitrogens is 2. The smallest absolute Gasteiger partial charge is 0.226 e. The second kappa shape index (κ2) is 5.60. The summed E-state index contributed by atoms with van der Waals surface area (Å²) in [5, 5.41) is 6.46. The van der Waals surface area contributed by atoms with Crippen LogP contribution in [0.5, 0.6) is 0 Å². The van der Waals surface area contributed by atoms with E-state index in [4.69, 9.17) is 0 Å². The van der Waals surface area contributed by atoms with Crippen molar-refractivity contribution in [2.75, 3.05) is 5.32 Å². The first-order valence-electron chi connectivity index (χ1n) is 5.79. The van der Waals surface area contributed by atoms with Crippen molar-refractivity contribution < 1.29 is 13.6 Å². The van der Waals surface area contributed by atoms with Gasteiger partial charge in [0, 0.05) is 25.2 Å². The number of anilines is 1. The van der Waals surface area contributed by atoms with Crippen LogP contribution in [0.15, 0.2) is 30.5 Å². The van der Waals surface area contributed by atoms with Gasteiger partial charge in [0.2, 0.25) is 5.91 Å². The number of aryl methyl sites for hydroxylation is 2. The van der Waals surface area contributed by atoms with E-state index in [1.807, 2.05) is 13.0 Å². The van der Waals surface area contributed by atoms with Crippen molar-refractivity contribution >= 4 is 11.6 Å². The van der Waals surface area contributed by atoms with E-state index in [1.54, 1.807) is 10.9 Å². The highest BCUT2D eigenvalue weighted by molar-refractivity contribution is 5.90. The fraction of sp³-hybridized carbons (Fsp3) is 0.231. The molecule has 4 nitrogen and oxygen atoms in total. The normalized spacial score (nSPS) is 10.5. The van der Waals surface area contributed by atoms with Gasteiger partial charge in [-0.25, -0.2) is 8.78 Å². The van der Waals surface area contributed by atoms with Crippen LogP contribution in [-0.4, -0.2) is 15.7 Å². The Bertz CT molecular complexity index is 595. The SMILES string of the molecule is Cc1ccn(CCC(=O)Nc2cc(F)ccc2F)n1. The number of nitrogens with one attached hydrogen (secondary N) is 1. The van der Waals surface area contributed by atoms with Crippen molar-refractivity contribution in [3.8, 4) is 0 Å². The molecule has 0 unspecified atom stereocenters. The molecule has 0 atom stereocenters. The lowest BCUT2D eigenvalue weighted by Crippen LogP contribution is -2.15. The maximum Gasteiger partial charge on any atom is 0.226 e. The van der Waals surface area contributed by atoms with Gasteiger partial charge in [0.15, 0.2) is 0 Å². The predicted molar refractivity (Wildman–Crippen MR) is 66.6 cm³/mol. The van der Waals surface area contributed by atoms with Crippen molar-refractivity contribution in [2.24, 2.45) is 0 Å². The van der Waals surface area contributed by atoms with Crippen LogP contribution in [0.1, 0.15) is 12.1 Å². The fourth-order valence-corrected chi connectivity index (χ4v) is 1.61. The van der Waals surface area contributed by atoms with Crippen molar-refractivity contribution in [2.45, 2.75) is 19.9 Å². The van der Waals surface area contributed by atoms with Gasteiger partial charge in [0.1, 0.15) is 11.6 Å². The minimum absolute atomic E-state index is 0.136. The molecular formula is C13H13F2N3O. The van der Waals surface area contributed by atoms with Crippen LogP contribution >= 0.6 is 0 Å². The summed E-state index contributed by atoms with van der Waals surface area (Å²) in [6.07, 6.45) is 1.89. The van der Waals surface area contributed by atoms with Crippen LogP contribution in [0.25, 0.3) is 0 Å². The molecule has 0 aliphatic heterocycles. The van der Waals surface area contributed by atoms with Gasteiger partial charge in [0.05, 0.1) is 11.4 Å². The van der Waals surface area contributed by atoms with Crippen LogP contribution in [0.4, 0.5) is 14.5 Å². The van der Waals surface area contributed by atoms with Gasteiger partial charge >= 0.3 is 0 Å². The molecule has 1 N–H and O–H groups in total. The zero-order valence-electron chi connectivity index (χ0n) is 10.4. The lowest BCUT2D eigenvalue weighted by Gasteiger charge is -2.06. The molecule has 2 rings (SSSR count). The number of carbonyl (C=O) groups excluding carboxylic acids is 1. The van der Waals surface area contributed by atoms with Crippen molar-refractivity contribution in [1.82, 2.24) is 9.78 Å². The highest BCUT2D eigenvalue weighted by Gasteiger charge is 2.08. The summed E-state index contributed by atoms with van der Waals surface area (Å²) in [4.78, 5) is 11.6. The van der Waals surface area contributed by atoms with Crippen LogP contribution in [0.2, 0.25) is 0 Å². The highest BCUT2D eigenvalue weighted by atomic mass is 19.1. The Balaban J connectivity index is 1.92. The molecule has 0 saturated heterocycles. The molecule has 100 valence electrons. The Morgan fingerprint density at radius 2 is 2.16 bits per heavy atom. The molecule has 19 heavy (non-hydrogen) atoms. The minimum Gasteiger partial charge on any atom is -0.323 e. The molecule has 0 radical (unpaired) electrons. The van der Waals surface area contributed by atoms with E-state index in [0.29, 0.717) is 6.54 Å². The number of hydrogen-bond donors (Lipinski definition) is 1. The van der Waals surface area contributed by atoms with E-state index in [2.05, 4.69) is 10.4 Å². The number of benzene rings is 1. The molecule has 0 saturated carbocycles. The molecule has 2 aromatic rings. The van der Waals surface area contributed by atoms with Gasteiger partial charge in [-0.15, -0.1) is 0 Å². The zero-order chi connectivity index (χ0) is 13.8. The van der Waals surface area contributed by atoms with E-state index >= 15 is 0 Å². The largest absolute Gasteiger partial charge is 0.323 e. The second-order valence-electron chi connectivity index (χ2n) is 4.14. The second-order valence-corrected chi connectivity index (χ2v) is 4.14. The number of carbonyl (C=O) groups is 1. The topological polar surface area (TPSA) is 46.9 Å². The maximum absolute atomic E-state index is 13.3. The van der Waals surface area contributed by atoms with Gasteiger partial charge < -0.3 is 5.32 Å². The Morgan fingerprint density at radius 1 is 1.37 bits per heavy atom. The Morgan fingerprint density at radius 3 is 2.84 bits per heavy atom. The van der Waals surface area contributed by atoms with Crippen LogP contribution in [0, 0.1) is 18.6 Å². The van der Waals surface area contributed by atoms with E-state index in [-0.39, 0.29) is 12.1 Å². The first-order chi connectivity index (χ1) is 9.04. The lowest BCUT2D eigenvalue weighted by molar-refractivity contribution is -0.116. The lowest BCUT2D eigenvalue weighted by atomic mass is 10.3. The van der Waals surface area contributed by atoms with Gasteiger partial charge in [-0.2, -0.15) is 5.10 Å². The Hall–Kier alpha value is -2.24. The Labute approximate surface area is 109 Å². The maximum atomic E-state index is 13.3. The summed E-state index contributed by atoms with van der Waals surface area (Å²) in [5.74, 6) is -1.65. The van der Waals surface area contributed by atoms with Crippen molar-refractivity contribution in [1.29, 1.82) is 0 Å². The average molecular weight is 265 g/mol. The predicted octanol–water partition coefficient (Wildman–Crippen LogP) is 2.50. The number of nitrogens with zero attached hydrogens (tertiary/aromatic N) is 2. The number of amides is 1. The molecule has 0 fully saturated rings. The molecule has 1 aromatic carbocycles. The summed E-state index contributed by atoms with van der Waals surface area (Å²) in [6, 6.07) is 4.74. The monoisotopic (exact) mass is 265 g/mol. The van der Waals surface area contributed by atoms with E-state index in [0.717, 1.165) is 23.9 Å². The van der Waals surface area contributed by atoms with Gasteiger partial charge in [-0.3, -0.25) is 9.48 Å². The van der Waals surface area contributed by atoms with Crippen molar-refractivity contribution in [3.63, 3.8) is 0 Å². The molecular weight excluding hydrogens is 252 g/mol. The van der Waals surface area contributed by atoms with Gasteiger partial charge in [0.25, 0.3) is 0 Å². The van der Waals surface area contributed by atoms with Gasteiger partial charge in [-0.05, 0) is 25.1 Å². The molecule has 0 aliphatic rings. The highest BCUT2D eigenvalue weighted by Crippen LogP contribution is 2.15. The molecule has 6 heteroatoms.